The van der Waals surface area contributed by atoms with E-state index in [0.717, 1.165) is 11.4 Å². The van der Waals surface area contributed by atoms with Gasteiger partial charge in [-0.2, -0.15) is 0 Å². The minimum Gasteiger partial charge on any atom is -0.369 e. The number of para-hydroxylation sites is 1. The van der Waals surface area contributed by atoms with E-state index in [0.29, 0.717) is 12.5 Å². The van der Waals surface area contributed by atoms with Crippen molar-refractivity contribution in [1.29, 1.82) is 0 Å². The lowest BCUT2D eigenvalue weighted by atomic mass is 10.3. The summed E-state index contributed by atoms with van der Waals surface area (Å²) in [5.74, 6) is 0.716. The van der Waals surface area contributed by atoms with E-state index >= 15 is 0 Å². The lowest BCUT2D eigenvalue weighted by molar-refractivity contribution is 0.254. The fourth-order valence-corrected chi connectivity index (χ4v) is 1.42. The van der Waals surface area contributed by atoms with E-state index in [-0.39, 0.29) is 6.03 Å². The number of carbonyl (C=O) groups excluding carboxylic acids is 1. The van der Waals surface area contributed by atoms with Gasteiger partial charge in [-0.15, -0.1) is 0 Å². The van der Waals surface area contributed by atoms with Gasteiger partial charge in [-0.1, -0.05) is 18.2 Å². The van der Waals surface area contributed by atoms with Crippen molar-refractivity contribution in [3.05, 3.63) is 41.8 Å². The fourth-order valence-electron chi connectivity index (χ4n) is 1.42. The Morgan fingerprint density at radius 1 is 1.19 bits per heavy atom. The van der Waals surface area contributed by atoms with Crippen LogP contribution in [0.3, 0.4) is 0 Å². The molecule has 84 valence electrons. The Morgan fingerprint density at radius 3 is 2.56 bits per heavy atom. The summed E-state index contributed by atoms with van der Waals surface area (Å²) in [6, 6.07) is 9.06. The summed E-state index contributed by atoms with van der Waals surface area (Å²) in [7, 11) is 0. The zero-order chi connectivity index (χ0) is 11.4. The Kier molecular flexibility index (Phi) is 2.95. The molecule has 5 nitrogen and oxygen atoms in total. The topological polar surface area (TPSA) is 65.2 Å². The Labute approximate surface area is 93.9 Å². The standard InChI is InChI=1S/C11H14N4O/c1-8-10(13-7-12-8)15-11(16)14-9-5-3-2-4-6-9/h2-6,12-13H,7H2,1H3,(H2,14,15,16). The molecule has 4 N–H and O–H groups in total. The molecule has 2 rings (SSSR count). The van der Waals surface area contributed by atoms with Crippen molar-refractivity contribution in [3.8, 4) is 0 Å². The number of rotatable bonds is 2. The summed E-state index contributed by atoms with van der Waals surface area (Å²) in [5, 5.41) is 11.6. The average Bonchev–Trinajstić information content (AvgIpc) is 2.66. The third kappa shape index (κ3) is 2.44. The second-order valence-electron chi connectivity index (χ2n) is 3.48. The Morgan fingerprint density at radius 2 is 1.94 bits per heavy atom. The molecule has 0 saturated carbocycles. The predicted octanol–water partition coefficient (Wildman–Crippen LogP) is 1.15. The minimum atomic E-state index is -0.253. The van der Waals surface area contributed by atoms with Gasteiger partial charge in [0.1, 0.15) is 5.82 Å². The molecule has 0 fully saturated rings. The second-order valence-corrected chi connectivity index (χ2v) is 3.48. The van der Waals surface area contributed by atoms with Gasteiger partial charge in [0, 0.05) is 5.69 Å². The molecule has 0 unspecified atom stereocenters. The van der Waals surface area contributed by atoms with Crippen molar-refractivity contribution >= 4 is 11.7 Å². The van der Waals surface area contributed by atoms with Crippen LogP contribution in [0.4, 0.5) is 10.5 Å². The van der Waals surface area contributed by atoms with Crippen molar-refractivity contribution in [1.82, 2.24) is 16.0 Å². The molecule has 1 aromatic rings. The van der Waals surface area contributed by atoms with E-state index in [1.165, 1.54) is 0 Å². The molecule has 1 aliphatic heterocycles. The molecule has 0 spiro atoms. The summed E-state index contributed by atoms with van der Waals surface area (Å²) in [4.78, 5) is 11.6. The van der Waals surface area contributed by atoms with Crippen LogP contribution in [0, 0.1) is 0 Å². The zero-order valence-corrected chi connectivity index (χ0v) is 9.00. The molecule has 0 aliphatic carbocycles. The molecule has 1 heterocycles. The van der Waals surface area contributed by atoms with Crippen LogP contribution in [0.5, 0.6) is 0 Å². The largest absolute Gasteiger partial charge is 0.369 e. The lowest BCUT2D eigenvalue weighted by Crippen LogP contribution is -2.33. The van der Waals surface area contributed by atoms with Gasteiger partial charge in [-0.25, -0.2) is 4.79 Å². The van der Waals surface area contributed by atoms with Gasteiger partial charge in [-0.05, 0) is 19.1 Å². The molecule has 0 aromatic heterocycles. The minimum absolute atomic E-state index is 0.253. The number of carbonyl (C=O) groups is 1. The van der Waals surface area contributed by atoms with E-state index in [1.807, 2.05) is 37.3 Å². The van der Waals surface area contributed by atoms with Crippen molar-refractivity contribution in [2.24, 2.45) is 0 Å². The van der Waals surface area contributed by atoms with E-state index in [1.54, 1.807) is 0 Å². The van der Waals surface area contributed by atoms with E-state index in [4.69, 9.17) is 0 Å². The Hall–Kier alpha value is -2.17. The quantitative estimate of drug-likeness (QED) is 0.602. The van der Waals surface area contributed by atoms with Crippen LogP contribution in [0.25, 0.3) is 0 Å². The van der Waals surface area contributed by atoms with Crippen molar-refractivity contribution in [3.63, 3.8) is 0 Å². The molecule has 0 atom stereocenters. The van der Waals surface area contributed by atoms with Gasteiger partial charge < -0.3 is 16.0 Å². The monoisotopic (exact) mass is 218 g/mol. The highest BCUT2D eigenvalue weighted by Crippen LogP contribution is 2.05. The van der Waals surface area contributed by atoms with Crippen molar-refractivity contribution in [2.75, 3.05) is 12.0 Å². The molecule has 1 aromatic carbocycles. The number of hydrogen-bond donors (Lipinski definition) is 4. The summed E-state index contributed by atoms with van der Waals surface area (Å²) < 4.78 is 0. The number of anilines is 1. The highest BCUT2D eigenvalue weighted by atomic mass is 16.2. The van der Waals surface area contributed by atoms with Crippen LogP contribution in [0.1, 0.15) is 6.92 Å². The molecular formula is C11H14N4O. The highest BCUT2D eigenvalue weighted by molar-refractivity contribution is 5.90. The maximum atomic E-state index is 11.6. The SMILES string of the molecule is CC1=C(NC(=O)Nc2ccccc2)NCN1. The Balaban J connectivity index is 1.92. The number of hydrogen-bond acceptors (Lipinski definition) is 3. The van der Waals surface area contributed by atoms with Gasteiger partial charge >= 0.3 is 6.03 Å². The van der Waals surface area contributed by atoms with Crippen LogP contribution in [-0.2, 0) is 0 Å². The van der Waals surface area contributed by atoms with Gasteiger partial charge in [-0.3, -0.25) is 5.32 Å². The van der Waals surface area contributed by atoms with Gasteiger partial charge in [0.2, 0.25) is 0 Å². The van der Waals surface area contributed by atoms with E-state index in [2.05, 4.69) is 21.3 Å². The molecule has 2 amide bonds. The number of nitrogens with one attached hydrogen (secondary N) is 4. The highest BCUT2D eigenvalue weighted by Gasteiger charge is 2.11. The Bertz CT molecular complexity index is 413. The molecule has 0 bridgehead atoms. The van der Waals surface area contributed by atoms with Crippen LogP contribution < -0.4 is 21.3 Å². The average molecular weight is 218 g/mol. The molecule has 1 aliphatic rings. The molecular weight excluding hydrogens is 204 g/mol. The van der Waals surface area contributed by atoms with Gasteiger partial charge in [0.25, 0.3) is 0 Å². The molecule has 0 saturated heterocycles. The van der Waals surface area contributed by atoms with E-state index < -0.39 is 0 Å². The number of urea groups is 1. The first-order valence-electron chi connectivity index (χ1n) is 5.07. The van der Waals surface area contributed by atoms with Crippen LogP contribution in [-0.4, -0.2) is 12.7 Å². The summed E-state index contributed by atoms with van der Waals surface area (Å²) in [6.07, 6.45) is 0. The first kappa shape index (κ1) is 10.4. The zero-order valence-electron chi connectivity index (χ0n) is 9.00. The normalized spacial score (nSPS) is 14.1. The smallest absolute Gasteiger partial charge is 0.324 e. The maximum absolute atomic E-state index is 11.6. The molecule has 16 heavy (non-hydrogen) atoms. The molecule has 5 heteroatoms. The van der Waals surface area contributed by atoms with Crippen LogP contribution >= 0.6 is 0 Å². The van der Waals surface area contributed by atoms with Crippen LogP contribution in [0.2, 0.25) is 0 Å². The fraction of sp³-hybridized carbons (Fsp3) is 0.182. The first-order valence-corrected chi connectivity index (χ1v) is 5.07. The van der Waals surface area contributed by atoms with Crippen LogP contribution in [0.15, 0.2) is 41.8 Å². The number of benzene rings is 1. The lowest BCUT2D eigenvalue weighted by Gasteiger charge is -2.08. The third-order valence-electron chi connectivity index (χ3n) is 2.26. The van der Waals surface area contributed by atoms with Gasteiger partial charge in [0.05, 0.1) is 12.4 Å². The summed E-state index contributed by atoms with van der Waals surface area (Å²) >= 11 is 0. The first-order chi connectivity index (χ1) is 7.75. The molecule has 0 radical (unpaired) electrons. The third-order valence-corrected chi connectivity index (χ3v) is 2.26. The van der Waals surface area contributed by atoms with Crippen molar-refractivity contribution < 1.29 is 4.79 Å². The second kappa shape index (κ2) is 4.57. The van der Waals surface area contributed by atoms with Gasteiger partial charge in [0.15, 0.2) is 0 Å². The van der Waals surface area contributed by atoms with E-state index in [9.17, 15) is 4.79 Å². The van der Waals surface area contributed by atoms with Crippen molar-refractivity contribution in [2.45, 2.75) is 6.92 Å². The number of amides is 2. The predicted molar refractivity (Wildman–Crippen MR) is 62.4 cm³/mol. The maximum Gasteiger partial charge on any atom is 0.324 e. The summed E-state index contributed by atoms with van der Waals surface area (Å²) in [6.45, 7) is 2.55. The number of allylic oxidation sites excluding steroid dienone is 1. The summed E-state index contributed by atoms with van der Waals surface area (Å²) in [5.41, 5.74) is 1.70.